The number of nitrogens with one attached hydrogen (secondary N) is 1. The first-order chi connectivity index (χ1) is 12.6. The summed E-state index contributed by atoms with van der Waals surface area (Å²) in [5, 5.41) is 2.65. The lowest BCUT2D eigenvalue weighted by atomic mass is 10.1. The van der Waals surface area contributed by atoms with E-state index in [0.717, 1.165) is 17.0 Å². The van der Waals surface area contributed by atoms with Crippen molar-refractivity contribution in [3.63, 3.8) is 0 Å². The number of amides is 2. The van der Waals surface area contributed by atoms with Crippen LogP contribution in [0.15, 0.2) is 48.5 Å². The van der Waals surface area contributed by atoms with Gasteiger partial charge in [-0.1, -0.05) is 12.1 Å². The van der Waals surface area contributed by atoms with Crippen molar-refractivity contribution < 1.29 is 19.1 Å². The van der Waals surface area contributed by atoms with Crippen LogP contribution in [0.2, 0.25) is 0 Å². The molecular formula is C19H20N2O4S. The highest BCUT2D eigenvalue weighted by Gasteiger charge is 2.34. The third kappa shape index (κ3) is 4.00. The van der Waals surface area contributed by atoms with Gasteiger partial charge < -0.3 is 14.8 Å². The number of carbonyl (C=O) groups excluding carboxylic acids is 2. The zero-order valence-electron chi connectivity index (χ0n) is 14.6. The Kier molecular flexibility index (Phi) is 5.80. The third-order valence-corrected chi connectivity index (χ3v) is 5.16. The minimum absolute atomic E-state index is 0.00113. The lowest BCUT2D eigenvalue weighted by Crippen LogP contribution is -2.27. The van der Waals surface area contributed by atoms with E-state index in [0.29, 0.717) is 11.4 Å². The molecule has 2 aromatic rings. The smallest absolute Gasteiger partial charge is 0.250 e. The van der Waals surface area contributed by atoms with Crippen molar-refractivity contribution in [3.05, 3.63) is 54.1 Å². The van der Waals surface area contributed by atoms with Crippen LogP contribution in [0.4, 0.5) is 11.4 Å². The molecule has 26 heavy (non-hydrogen) atoms. The van der Waals surface area contributed by atoms with Gasteiger partial charge in [-0.2, -0.15) is 0 Å². The first-order valence-corrected chi connectivity index (χ1v) is 9.13. The quantitative estimate of drug-likeness (QED) is 0.844. The van der Waals surface area contributed by atoms with Gasteiger partial charge in [0, 0.05) is 18.5 Å². The van der Waals surface area contributed by atoms with Crippen molar-refractivity contribution in [2.24, 2.45) is 0 Å². The fraction of sp³-hybridized carbons (Fsp3) is 0.263. The molecule has 1 aliphatic heterocycles. The molecule has 1 saturated heterocycles. The zero-order valence-corrected chi connectivity index (χ0v) is 15.4. The molecule has 0 spiro atoms. The first kappa shape index (κ1) is 18.3. The number of carbonyl (C=O) groups is 2. The standard InChI is InChI=1S/C19H20N2O4S/c1-24-11-17(22)20-14-5-3-4-13(10-14)19-21(18(23)12-26-19)15-6-8-16(25-2)9-7-15/h3-10,19H,11-12H2,1-2H3,(H,20,22). The van der Waals surface area contributed by atoms with E-state index >= 15 is 0 Å². The Morgan fingerprint density at radius 3 is 2.69 bits per heavy atom. The van der Waals surface area contributed by atoms with E-state index in [4.69, 9.17) is 9.47 Å². The number of methoxy groups -OCH3 is 2. The highest BCUT2D eigenvalue weighted by Crippen LogP contribution is 2.42. The van der Waals surface area contributed by atoms with Gasteiger partial charge in [0.15, 0.2) is 0 Å². The van der Waals surface area contributed by atoms with E-state index in [1.807, 2.05) is 48.5 Å². The molecule has 1 atom stereocenters. The highest BCUT2D eigenvalue weighted by molar-refractivity contribution is 8.00. The van der Waals surface area contributed by atoms with E-state index < -0.39 is 0 Å². The number of hydrogen-bond donors (Lipinski definition) is 1. The van der Waals surface area contributed by atoms with Crippen molar-refractivity contribution in [2.45, 2.75) is 5.37 Å². The average Bonchev–Trinajstić information content (AvgIpc) is 3.04. The summed E-state index contributed by atoms with van der Waals surface area (Å²) in [6, 6.07) is 15.0. The Labute approximate surface area is 156 Å². The van der Waals surface area contributed by atoms with Crippen LogP contribution in [0.1, 0.15) is 10.9 Å². The summed E-state index contributed by atoms with van der Waals surface area (Å²) >= 11 is 1.56. The molecule has 0 aromatic heterocycles. The fourth-order valence-corrected chi connectivity index (χ4v) is 3.96. The van der Waals surface area contributed by atoms with Crippen molar-refractivity contribution in [2.75, 3.05) is 36.8 Å². The Bertz CT molecular complexity index is 794. The molecule has 3 rings (SSSR count). The molecule has 1 unspecified atom stereocenters. The van der Waals surface area contributed by atoms with Crippen molar-refractivity contribution in [3.8, 4) is 5.75 Å². The molecule has 0 bridgehead atoms. The van der Waals surface area contributed by atoms with Gasteiger partial charge in [-0.05, 0) is 42.0 Å². The van der Waals surface area contributed by atoms with Crippen molar-refractivity contribution >= 4 is 35.0 Å². The Morgan fingerprint density at radius 1 is 1.23 bits per heavy atom. The van der Waals surface area contributed by atoms with Gasteiger partial charge in [0.2, 0.25) is 11.8 Å². The first-order valence-electron chi connectivity index (χ1n) is 8.09. The highest BCUT2D eigenvalue weighted by atomic mass is 32.2. The topological polar surface area (TPSA) is 67.9 Å². The molecule has 1 fully saturated rings. The van der Waals surface area contributed by atoms with Crippen LogP contribution in [0, 0.1) is 0 Å². The second-order valence-corrected chi connectivity index (χ2v) is 6.80. The molecule has 0 saturated carbocycles. The minimum atomic E-state index is -0.216. The molecule has 2 aromatic carbocycles. The van der Waals surface area contributed by atoms with E-state index in [9.17, 15) is 9.59 Å². The van der Waals surface area contributed by atoms with Crippen LogP contribution >= 0.6 is 11.8 Å². The molecule has 0 radical (unpaired) electrons. The maximum atomic E-state index is 12.4. The minimum Gasteiger partial charge on any atom is -0.497 e. The van der Waals surface area contributed by atoms with Gasteiger partial charge in [0.25, 0.3) is 0 Å². The van der Waals surface area contributed by atoms with Gasteiger partial charge >= 0.3 is 0 Å². The maximum Gasteiger partial charge on any atom is 0.250 e. The van der Waals surface area contributed by atoms with Crippen LogP contribution in [0.3, 0.4) is 0 Å². The number of ether oxygens (including phenoxy) is 2. The summed E-state index contributed by atoms with van der Waals surface area (Å²) in [7, 11) is 3.08. The lowest BCUT2D eigenvalue weighted by molar-refractivity contribution is -0.119. The number of nitrogens with zero attached hydrogens (tertiary/aromatic N) is 1. The summed E-state index contributed by atoms with van der Waals surface area (Å²) in [5.74, 6) is 0.995. The number of benzene rings is 2. The van der Waals surface area contributed by atoms with Gasteiger partial charge in [-0.3, -0.25) is 14.5 Å². The average molecular weight is 372 g/mol. The van der Waals surface area contributed by atoms with E-state index in [1.54, 1.807) is 23.8 Å². The van der Waals surface area contributed by atoms with Crippen LogP contribution in [-0.2, 0) is 14.3 Å². The van der Waals surface area contributed by atoms with Crippen molar-refractivity contribution in [1.29, 1.82) is 0 Å². The molecule has 6 nitrogen and oxygen atoms in total. The number of anilines is 2. The summed E-state index contributed by atoms with van der Waals surface area (Å²) < 4.78 is 10.0. The third-order valence-electron chi connectivity index (χ3n) is 3.95. The Morgan fingerprint density at radius 2 is 2.00 bits per heavy atom. The molecule has 2 amide bonds. The van der Waals surface area contributed by atoms with Crippen molar-refractivity contribution in [1.82, 2.24) is 0 Å². The molecule has 1 N–H and O–H groups in total. The van der Waals surface area contributed by atoms with Gasteiger partial charge in [0.1, 0.15) is 17.7 Å². The largest absolute Gasteiger partial charge is 0.497 e. The zero-order chi connectivity index (χ0) is 18.5. The second-order valence-electron chi connectivity index (χ2n) is 5.73. The Hall–Kier alpha value is -2.51. The molecular weight excluding hydrogens is 352 g/mol. The van der Waals surface area contributed by atoms with Gasteiger partial charge in [-0.15, -0.1) is 11.8 Å². The predicted molar refractivity (Wildman–Crippen MR) is 103 cm³/mol. The summed E-state index contributed by atoms with van der Waals surface area (Å²) in [6.07, 6.45) is 0. The summed E-state index contributed by atoms with van der Waals surface area (Å²) in [4.78, 5) is 26.0. The summed E-state index contributed by atoms with van der Waals surface area (Å²) in [5.41, 5.74) is 2.45. The lowest BCUT2D eigenvalue weighted by Gasteiger charge is -2.25. The normalized spacial score (nSPS) is 16.6. The molecule has 0 aliphatic carbocycles. The van der Waals surface area contributed by atoms with Crippen LogP contribution in [0.25, 0.3) is 0 Å². The van der Waals surface area contributed by atoms with E-state index in [2.05, 4.69) is 5.32 Å². The number of rotatable bonds is 6. The van der Waals surface area contributed by atoms with Crippen LogP contribution < -0.4 is 15.0 Å². The molecule has 1 aliphatic rings. The van der Waals surface area contributed by atoms with Gasteiger partial charge in [-0.25, -0.2) is 0 Å². The Balaban J connectivity index is 1.84. The summed E-state index contributed by atoms with van der Waals surface area (Å²) in [6.45, 7) is -0.00113. The molecule has 1 heterocycles. The van der Waals surface area contributed by atoms with E-state index in [-0.39, 0.29) is 23.8 Å². The predicted octanol–water partition coefficient (Wildman–Crippen LogP) is 3.06. The number of hydrogen-bond acceptors (Lipinski definition) is 5. The van der Waals surface area contributed by atoms with Crippen LogP contribution in [-0.4, -0.2) is 38.4 Å². The van der Waals surface area contributed by atoms with Gasteiger partial charge in [0.05, 0.1) is 12.9 Å². The second kappa shape index (κ2) is 8.25. The SMILES string of the molecule is COCC(=O)Nc1cccc(C2SCC(=O)N2c2ccc(OC)cc2)c1. The maximum absolute atomic E-state index is 12.4. The monoisotopic (exact) mass is 372 g/mol. The molecule has 136 valence electrons. The van der Waals surface area contributed by atoms with Crippen LogP contribution in [0.5, 0.6) is 5.75 Å². The fourth-order valence-electron chi connectivity index (χ4n) is 2.79. The molecule has 7 heteroatoms. The van der Waals surface area contributed by atoms with E-state index in [1.165, 1.54) is 7.11 Å². The number of thioether (sulfide) groups is 1.